The summed E-state index contributed by atoms with van der Waals surface area (Å²) in [5, 5.41) is 11.8. The number of likely N-dealkylation sites (N-methyl/N-ethyl adjacent to an activating group) is 1. The molecule has 9 heteroatoms. The topological polar surface area (TPSA) is 96.3 Å². The van der Waals surface area contributed by atoms with Crippen LogP contribution in [0.15, 0.2) is 12.3 Å². The largest absolute Gasteiger partial charge is 0.444 e. The average molecular weight is 417 g/mol. The van der Waals surface area contributed by atoms with Crippen LogP contribution in [0.3, 0.4) is 0 Å². The van der Waals surface area contributed by atoms with E-state index in [4.69, 9.17) is 9.84 Å². The predicted molar refractivity (Wildman–Crippen MR) is 112 cm³/mol. The van der Waals surface area contributed by atoms with Crippen LogP contribution < -0.4 is 0 Å². The minimum Gasteiger partial charge on any atom is -0.444 e. The number of carbonyl (C=O) groups excluding carboxylic acids is 2. The van der Waals surface area contributed by atoms with Crippen molar-refractivity contribution in [2.24, 2.45) is 0 Å². The number of hydrogen-bond acceptors (Lipinski definition) is 5. The lowest BCUT2D eigenvalue weighted by Gasteiger charge is -2.34. The van der Waals surface area contributed by atoms with Crippen molar-refractivity contribution in [1.29, 1.82) is 0 Å². The van der Waals surface area contributed by atoms with Gasteiger partial charge in [0, 0.05) is 49.4 Å². The molecule has 0 spiro atoms. The highest BCUT2D eigenvalue weighted by atomic mass is 16.6. The first-order valence-corrected chi connectivity index (χ1v) is 9.97. The number of fused-ring (bicyclic) bond motifs is 3. The lowest BCUT2D eigenvalue weighted by molar-refractivity contribution is 0.0136. The molecule has 0 fully saturated rings. The van der Waals surface area contributed by atoms with Crippen LogP contribution in [0.25, 0.3) is 0 Å². The maximum absolute atomic E-state index is 13.2. The molecule has 0 saturated carbocycles. The predicted octanol–water partition coefficient (Wildman–Crippen LogP) is 2.79. The third-order valence-corrected chi connectivity index (χ3v) is 5.51. The molecular weight excluding hydrogens is 384 g/mol. The summed E-state index contributed by atoms with van der Waals surface area (Å²) < 4.78 is 7.39. The normalized spacial score (nSPS) is 21.4. The van der Waals surface area contributed by atoms with E-state index >= 15 is 0 Å². The molecule has 4 rings (SSSR count). The molecule has 30 heavy (non-hydrogen) atoms. The molecule has 2 aliphatic heterocycles. The zero-order chi connectivity index (χ0) is 20.9. The van der Waals surface area contributed by atoms with Gasteiger partial charge in [-0.1, -0.05) is 7.43 Å². The Morgan fingerprint density at radius 2 is 2.03 bits per heavy atom. The standard InChI is InChI=1S/C20H28N6O3.CH4/c1-12-8-16-14(11-25(12)19(28)29-20(2,3)4)17-18(27)24(5)9-13(10-26(17)23-16)15-6-7-21-22-15;/h6-7,12-13H,8-11H2,1-5H3,(H,21,22);1H4/t12-,13-;/m1./s1. The van der Waals surface area contributed by atoms with Crippen LogP contribution in [0.5, 0.6) is 0 Å². The molecule has 2 atom stereocenters. The maximum Gasteiger partial charge on any atom is 0.410 e. The van der Waals surface area contributed by atoms with Crippen LogP contribution in [0, 0.1) is 0 Å². The number of aromatic amines is 1. The molecule has 0 aliphatic carbocycles. The van der Waals surface area contributed by atoms with Gasteiger partial charge in [0.2, 0.25) is 0 Å². The van der Waals surface area contributed by atoms with Crippen molar-refractivity contribution in [2.75, 3.05) is 13.6 Å². The molecule has 0 unspecified atom stereocenters. The molecule has 4 heterocycles. The summed E-state index contributed by atoms with van der Waals surface area (Å²) in [6, 6.07) is 1.89. The van der Waals surface area contributed by atoms with Gasteiger partial charge in [0.15, 0.2) is 0 Å². The lowest BCUT2D eigenvalue weighted by Crippen LogP contribution is -2.45. The Morgan fingerprint density at radius 1 is 1.30 bits per heavy atom. The number of carbonyl (C=O) groups is 2. The Hall–Kier alpha value is -2.84. The van der Waals surface area contributed by atoms with Crippen LogP contribution in [-0.2, 0) is 24.2 Å². The fraction of sp³-hybridized carbons (Fsp3) is 0.619. The third kappa shape index (κ3) is 3.93. The molecule has 1 N–H and O–H groups in total. The van der Waals surface area contributed by atoms with Crippen LogP contribution in [0.1, 0.15) is 68.5 Å². The summed E-state index contributed by atoms with van der Waals surface area (Å²) in [7, 11) is 1.80. The first-order chi connectivity index (χ1) is 13.6. The van der Waals surface area contributed by atoms with E-state index in [0.29, 0.717) is 31.7 Å². The molecule has 2 aliphatic rings. The highest BCUT2D eigenvalue weighted by molar-refractivity contribution is 5.94. The summed E-state index contributed by atoms with van der Waals surface area (Å²) in [4.78, 5) is 29.3. The summed E-state index contributed by atoms with van der Waals surface area (Å²) in [5.41, 5.74) is 2.70. The van der Waals surface area contributed by atoms with Gasteiger partial charge in [0.1, 0.15) is 11.3 Å². The summed E-state index contributed by atoms with van der Waals surface area (Å²) in [6.45, 7) is 9.03. The van der Waals surface area contributed by atoms with Crippen LogP contribution in [-0.4, -0.2) is 67.0 Å². The van der Waals surface area contributed by atoms with E-state index in [1.807, 2.05) is 38.4 Å². The van der Waals surface area contributed by atoms with Gasteiger partial charge in [-0.3, -0.25) is 14.6 Å². The van der Waals surface area contributed by atoms with E-state index in [1.54, 1.807) is 23.0 Å². The van der Waals surface area contributed by atoms with Gasteiger partial charge in [-0.15, -0.1) is 0 Å². The number of nitrogens with zero attached hydrogens (tertiary/aromatic N) is 5. The van der Waals surface area contributed by atoms with E-state index in [9.17, 15) is 9.59 Å². The van der Waals surface area contributed by atoms with E-state index in [2.05, 4.69) is 10.2 Å². The number of H-pyrrole nitrogens is 1. The van der Waals surface area contributed by atoms with Gasteiger partial charge in [-0.25, -0.2) is 4.79 Å². The zero-order valence-electron chi connectivity index (χ0n) is 17.6. The minimum absolute atomic E-state index is 0. The highest BCUT2D eigenvalue weighted by Crippen LogP contribution is 2.31. The maximum atomic E-state index is 13.2. The number of aromatic nitrogens is 4. The van der Waals surface area contributed by atoms with Gasteiger partial charge in [-0.2, -0.15) is 10.2 Å². The van der Waals surface area contributed by atoms with Crippen molar-refractivity contribution in [3.05, 3.63) is 34.9 Å². The Bertz CT molecular complexity index is 927. The molecule has 164 valence electrons. The molecule has 2 amide bonds. The number of hydrogen-bond donors (Lipinski definition) is 1. The number of nitrogens with one attached hydrogen (secondary N) is 1. The minimum atomic E-state index is -0.569. The van der Waals surface area contributed by atoms with Crippen molar-refractivity contribution in [2.45, 2.75) is 72.2 Å². The van der Waals surface area contributed by atoms with E-state index in [-0.39, 0.29) is 31.4 Å². The zero-order valence-corrected chi connectivity index (χ0v) is 17.6. The molecule has 0 aromatic carbocycles. The first-order valence-electron chi connectivity index (χ1n) is 9.97. The van der Waals surface area contributed by atoms with E-state index in [0.717, 1.165) is 17.0 Å². The molecule has 0 radical (unpaired) electrons. The summed E-state index contributed by atoms with van der Waals surface area (Å²) >= 11 is 0. The Morgan fingerprint density at radius 3 is 2.67 bits per heavy atom. The van der Waals surface area contributed by atoms with E-state index < -0.39 is 5.60 Å². The van der Waals surface area contributed by atoms with Gasteiger partial charge in [0.25, 0.3) is 5.91 Å². The first kappa shape index (κ1) is 21.9. The number of amides is 2. The van der Waals surface area contributed by atoms with Crippen molar-refractivity contribution in [3.63, 3.8) is 0 Å². The van der Waals surface area contributed by atoms with Crippen molar-refractivity contribution in [1.82, 2.24) is 29.8 Å². The number of rotatable bonds is 1. The summed E-state index contributed by atoms with van der Waals surface area (Å²) in [5.74, 6) is 0.00731. The van der Waals surface area contributed by atoms with Crippen LogP contribution >= 0.6 is 0 Å². The molecule has 2 aromatic rings. The average Bonchev–Trinajstić information content (AvgIpc) is 3.23. The van der Waals surface area contributed by atoms with Crippen molar-refractivity contribution >= 4 is 12.0 Å². The Kier molecular flexibility index (Phi) is 5.66. The third-order valence-electron chi connectivity index (χ3n) is 5.51. The lowest BCUT2D eigenvalue weighted by atomic mass is 9.99. The molecule has 0 bridgehead atoms. The Labute approximate surface area is 177 Å². The highest BCUT2D eigenvalue weighted by Gasteiger charge is 2.38. The number of ether oxygens (including phenoxy) is 1. The monoisotopic (exact) mass is 416 g/mol. The molecule has 2 aromatic heterocycles. The van der Waals surface area contributed by atoms with Crippen LogP contribution in [0.2, 0.25) is 0 Å². The second-order valence-electron chi connectivity index (χ2n) is 9.01. The quantitative estimate of drug-likeness (QED) is 0.771. The summed E-state index contributed by atoms with van der Waals surface area (Å²) in [6.07, 6.45) is 1.96. The second kappa shape index (κ2) is 7.77. The van der Waals surface area contributed by atoms with Gasteiger partial charge >= 0.3 is 6.09 Å². The van der Waals surface area contributed by atoms with Crippen LogP contribution in [0.4, 0.5) is 4.79 Å². The Balaban J connectivity index is 0.00000256. The fourth-order valence-electron chi connectivity index (χ4n) is 4.08. The second-order valence-corrected chi connectivity index (χ2v) is 9.01. The van der Waals surface area contributed by atoms with Gasteiger partial charge < -0.3 is 14.5 Å². The van der Waals surface area contributed by atoms with Crippen molar-refractivity contribution in [3.8, 4) is 0 Å². The fourth-order valence-corrected chi connectivity index (χ4v) is 4.08. The molecular formula is C21H32N6O3. The molecule has 0 saturated heterocycles. The van der Waals surface area contributed by atoms with E-state index in [1.165, 1.54) is 0 Å². The SMILES string of the molecule is C.C[C@@H]1Cc2nn3c(c2CN1C(=O)OC(C)(C)C)C(=O)N(C)C[C@@H](c1ccn[nH]1)C3. The van der Waals surface area contributed by atoms with Crippen molar-refractivity contribution < 1.29 is 14.3 Å². The molecule has 9 nitrogen and oxygen atoms in total. The van der Waals surface area contributed by atoms with Gasteiger partial charge in [-0.05, 0) is 33.8 Å². The smallest absolute Gasteiger partial charge is 0.410 e. The van der Waals surface area contributed by atoms with Gasteiger partial charge in [0.05, 0.1) is 18.8 Å².